The quantitative estimate of drug-likeness (QED) is 0.535. The smallest absolute Gasteiger partial charge is 0.410 e. The van der Waals surface area contributed by atoms with E-state index in [2.05, 4.69) is 17.4 Å². The van der Waals surface area contributed by atoms with Gasteiger partial charge in [-0.2, -0.15) is 9.78 Å². The average Bonchev–Trinajstić information content (AvgIpc) is 3.23. The van der Waals surface area contributed by atoms with Gasteiger partial charge in [-0.05, 0) is 106 Å². The van der Waals surface area contributed by atoms with E-state index in [0.717, 1.165) is 63.2 Å². The Bertz CT molecular complexity index is 946. The van der Waals surface area contributed by atoms with Gasteiger partial charge in [-0.3, -0.25) is 0 Å². The fourth-order valence-electron chi connectivity index (χ4n) is 8.63. The van der Waals surface area contributed by atoms with E-state index in [1.807, 2.05) is 12.1 Å². The van der Waals surface area contributed by atoms with Crippen molar-refractivity contribution in [2.45, 2.75) is 113 Å². The summed E-state index contributed by atoms with van der Waals surface area (Å²) in [6, 6.07) is 8.39. The zero-order valence-electron chi connectivity index (χ0n) is 21.2. The lowest BCUT2D eigenvalue weighted by Gasteiger charge is -2.57. The molecule has 4 bridgehead atoms. The van der Waals surface area contributed by atoms with E-state index in [1.165, 1.54) is 37.7 Å². The van der Waals surface area contributed by atoms with Gasteiger partial charge in [0.05, 0.1) is 0 Å². The number of nitrogens with two attached hydrogens (primary N) is 1. The van der Waals surface area contributed by atoms with Crippen molar-refractivity contribution in [1.29, 1.82) is 0 Å². The third kappa shape index (κ3) is 4.16. The summed E-state index contributed by atoms with van der Waals surface area (Å²) in [6.07, 6.45) is 13.5. The molecule has 2 spiro atoms. The van der Waals surface area contributed by atoms with Gasteiger partial charge in [0.25, 0.3) is 0 Å². The van der Waals surface area contributed by atoms with Gasteiger partial charge in [-0.15, -0.1) is 0 Å². The van der Waals surface area contributed by atoms with Gasteiger partial charge >= 0.3 is 6.09 Å². The molecule has 8 rings (SSSR count). The molecule has 7 heteroatoms. The van der Waals surface area contributed by atoms with Crippen molar-refractivity contribution in [2.75, 3.05) is 0 Å². The van der Waals surface area contributed by atoms with Crippen LogP contribution < -0.4 is 15.8 Å². The summed E-state index contributed by atoms with van der Waals surface area (Å²) in [5.74, 6) is 2.47. The van der Waals surface area contributed by atoms with E-state index in [-0.39, 0.29) is 18.2 Å². The van der Waals surface area contributed by atoms with E-state index >= 15 is 0 Å². The lowest BCUT2D eigenvalue weighted by Crippen LogP contribution is -2.59. The molecule has 6 saturated carbocycles. The van der Waals surface area contributed by atoms with Crippen molar-refractivity contribution >= 4 is 6.09 Å². The Balaban J connectivity index is 0.980. The first kappa shape index (κ1) is 23.4. The van der Waals surface area contributed by atoms with Crippen LogP contribution in [0.15, 0.2) is 24.3 Å². The highest BCUT2D eigenvalue weighted by Gasteiger charge is 2.67. The molecule has 1 aliphatic heterocycles. The minimum atomic E-state index is -0.629. The topological polar surface area (TPSA) is 92.0 Å². The first-order chi connectivity index (χ1) is 17.5. The zero-order chi connectivity index (χ0) is 24.3. The van der Waals surface area contributed by atoms with E-state index in [9.17, 15) is 4.79 Å². The predicted octanol–water partition coefficient (Wildman–Crippen LogP) is 5.53. The molecule has 2 atom stereocenters. The van der Waals surface area contributed by atoms with Crippen molar-refractivity contribution in [3.8, 4) is 5.75 Å². The number of carbonyl (C=O) groups is 1. The van der Waals surface area contributed by atoms with Crippen molar-refractivity contribution in [1.82, 2.24) is 5.32 Å². The number of hydrogen-bond acceptors (Lipinski definition) is 6. The Kier molecular flexibility index (Phi) is 5.84. The van der Waals surface area contributed by atoms with Gasteiger partial charge in [-0.1, -0.05) is 12.1 Å². The normalized spacial score (nSPS) is 45.3. The molecule has 1 unspecified atom stereocenters. The maximum Gasteiger partial charge on any atom is 0.412 e. The van der Waals surface area contributed by atoms with E-state index in [4.69, 9.17) is 25.0 Å². The van der Waals surface area contributed by atoms with E-state index < -0.39 is 11.6 Å². The molecular weight excluding hydrogens is 456 g/mol. The van der Waals surface area contributed by atoms with Crippen LogP contribution in [0.2, 0.25) is 0 Å². The highest BCUT2D eigenvalue weighted by Crippen LogP contribution is 2.64. The van der Waals surface area contributed by atoms with Crippen molar-refractivity contribution in [2.24, 2.45) is 29.4 Å². The maximum absolute atomic E-state index is 12.4. The van der Waals surface area contributed by atoms with E-state index in [1.54, 1.807) is 0 Å². The molecule has 0 aromatic heterocycles. The van der Waals surface area contributed by atoms with Crippen LogP contribution in [0.4, 0.5) is 4.79 Å². The minimum absolute atomic E-state index is 0.154. The second-order valence-corrected chi connectivity index (χ2v) is 12.7. The Hall–Kier alpha value is -1.67. The lowest BCUT2D eigenvalue weighted by atomic mass is 9.53. The highest BCUT2D eigenvalue weighted by molar-refractivity contribution is 5.70. The van der Waals surface area contributed by atoms with Gasteiger partial charge in [0.1, 0.15) is 5.75 Å². The van der Waals surface area contributed by atoms with Crippen LogP contribution in [0, 0.1) is 23.7 Å². The van der Waals surface area contributed by atoms with Crippen molar-refractivity contribution in [3.63, 3.8) is 0 Å². The standard InChI is InChI=1S/C29H40N2O5/c30-24-5-7-25(8-6-24)31-27(32)33-26-9-3-20(4-10-26)21-2-1-11-28(17-21)34-29(36-35-28)22-13-18-12-19(15-22)16-23(29)14-18/h3-4,9-10,18-19,21-25H,1-2,5-8,11-17,30H2,(H,31,32)/t18?,19?,21?,22?,23?,24-,25-,28-,29?/m1/s1. The molecular formula is C29H40N2O5. The Morgan fingerprint density at radius 1 is 0.917 bits per heavy atom. The monoisotopic (exact) mass is 496 g/mol. The Morgan fingerprint density at radius 3 is 2.31 bits per heavy atom. The van der Waals surface area contributed by atoms with Crippen LogP contribution in [-0.2, 0) is 14.5 Å². The number of hydrogen-bond donors (Lipinski definition) is 2. The van der Waals surface area contributed by atoms with Gasteiger partial charge in [0.2, 0.25) is 11.6 Å². The number of carbonyl (C=O) groups excluding carboxylic acids is 1. The number of benzene rings is 1. The first-order valence-electron chi connectivity index (χ1n) is 14.4. The van der Waals surface area contributed by atoms with Gasteiger partial charge in [0.15, 0.2) is 0 Å². The van der Waals surface area contributed by atoms with Gasteiger partial charge < -0.3 is 20.5 Å². The molecule has 196 valence electrons. The minimum Gasteiger partial charge on any atom is -0.410 e. The van der Waals surface area contributed by atoms with Crippen molar-refractivity contribution < 1.29 is 24.0 Å². The summed E-state index contributed by atoms with van der Waals surface area (Å²) in [7, 11) is 0. The van der Waals surface area contributed by atoms with Crippen LogP contribution in [0.5, 0.6) is 5.75 Å². The van der Waals surface area contributed by atoms with Crippen LogP contribution in [0.3, 0.4) is 0 Å². The molecule has 7 aliphatic rings. The Labute approximate surface area is 213 Å². The molecule has 3 N–H and O–H groups in total. The summed E-state index contributed by atoms with van der Waals surface area (Å²) in [5.41, 5.74) is 7.20. The molecule has 1 aromatic carbocycles. The fourth-order valence-corrected chi connectivity index (χ4v) is 8.63. The largest absolute Gasteiger partial charge is 0.412 e. The Morgan fingerprint density at radius 2 is 1.61 bits per heavy atom. The lowest BCUT2D eigenvalue weighted by molar-refractivity contribution is -0.390. The van der Waals surface area contributed by atoms with Crippen molar-refractivity contribution in [3.05, 3.63) is 29.8 Å². The SMILES string of the molecule is N[C@H]1CC[C@H](NC(=O)Oc2ccc(C3CCC[C@]4(C3)OOC3(O4)C4CC5CC(C4)CC3C5)cc2)CC1. The first-order valence-corrected chi connectivity index (χ1v) is 14.4. The molecule has 1 aromatic rings. The molecule has 36 heavy (non-hydrogen) atoms. The number of rotatable bonds is 3. The van der Waals surface area contributed by atoms with Gasteiger partial charge in [0, 0.05) is 36.8 Å². The summed E-state index contributed by atoms with van der Waals surface area (Å²) >= 11 is 0. The third-order valence-electron chi connectivity index (χ3n) is 10.3. The zero-order valence-corrected chi connectivity index (χ0v) is 21.2. The maximum atomic E-state index is 12.4. The summed E-state index contributed by atoms with van der Waals surface area (Å²) in [5, 5.41) is 2.99. The fraction of sp³-hybridized carbons (Fsp3) is 0.759. The molecule has 1 heterocycles. The van der Waals surface area contributed by atoms with Crippen LogP contribution >= 0.6 is 0 Å². The summed E-state index contributed by atoms with van der Waals surface area (Å²) in [6.45, 7) is 0. The number of nitrogens with one attached hydrogen (secondary N) is 1. The molecule has 6 aliphatic carbocycles. The molecule has 7 nitrogen and oxygen atoms in total. The molecule has 1 saturated heterocycles. The van der Waals surface area contributed by atoms with Crippen LogP contribution in [-0.4, -0.2) is 29.8 Å². The second-order valence-electron chi connectivity index (χ2n) is 12.7. The third-order valence-corrected chi connectivity index (χ3v) is 10.3. The summed E-state index contributed by atoms with van der Waals surface area (Å²) in [4.78, 5) is 24.8. The molecule has 0 radical (unpaired) electrons. The molecule has 1 amide bonds. The second kappa shape index (κ2) is 8.97. The molecule has 7 fully saturated rings. The highest BCUT2D eigenvalue weighted by atomic mass is 17.3. The van der Waals surface area contributed by atoms with Crippen LogP contribution in [0.1, 0.15) is 95.0 Å². The number of ether oxygens (including phenoxy) is 2. The predicted molar refractivity (Wildman–Crippen MR) is 133 cm³/mol. The number of amides is 1. The average molecular weight is 497 g/mol. The van der Waals surface area contributed by atoms with Crippen LogP contribution in [0.25, 0.3) is 0 Å². The van der Waals surface area contributed by atoms with Gasteiger partial charge in [-0.25, -0.2) is 4.79 Å². The van der Waals surface area contributed by atoms with E-state index in [0.29, 0.717) is 23.5 Å². The summed E-state index contributed by atoms with van der Waals surface area (Å²) < 4.78 is 12.5.